The summed E-state index contributed by atoms with van der Waals surface area (Å²) in [4.78, 5) is 24.9. The standard InChI is InChI=1S/C20H21Cl2F4N2O5P/c1-10(2)32-34(31,33-11(3)4)17(22)7-12-6-15(14(23)8-13(12)21)28-18(29)9-16(20(24,25)26)27(5)19(28)30/h6-11H,1-5H3. The number of benzene rings is 1. The summed E-state index contributed by atoms with van der Waals surface area (Å²) in [5, 5.41) is -0.253. The highest BCUT2D eigenvalue weighted by Gasteiger charge is 2.35. The van der Waals surface area contributed by atoms with Crippen LogP contribution >= 0.6 is 30.8 Å². The normalized spacial score (nSPS) is 13.3. The van der Waals surface area contributed by atoms with Crippen molar-refractivity contribution in [3.8, 4) is 5.69 Å². The van der Waals surface area contributed by atoms with Crippen molar-refractivity contribution in [2.75, 3.05) is 0 Å². The van der Waals surface area contributed by atoms with Crippen molar-refractivity contribution >= 4 is 36.9 Å². The Morgan fingerprint density at radius 3 is 2.09 bits per heavy atom. The molecule has 0 aliphatic carbocycles. The molecule has 0 atom stereocenters. The zero-order chi connectivity index (χ0) is 26.2. The Balaban J connectivity index is 2.75. The van der Waals surface area contributed by atoms with E-state index in [1.807, 2.05) is 0 Å². The highest BCUT2D eigenvalue weighted by molar-refractivity contribution is 7.61. The first kappa shape index (κ1) is 28.3. The van der Waals surface area contributed by atoms with Gasteiger partial charge in [-0.3, -0.25) is 13.9 Å². The van der Waals surface area contributed by atoms with Crippen molar-refractivity contribution in [3.05, 3.63) is 65.9 Å². The number of nitrogens with zero attached hydrogens (tertiary/aromatic N) is 2. The van der Waals surface area contributed by atoms with E-state index in [1.54, 1.807) is 27.7 Å². The van der Waals surface area contributed by atoms with E-state index in [1.165, 1.54) is 0 Å². The minimum absolute atomic E-state index is 0.100. The average Bonchev–Trinajstić information content (AvgIpc) is 2.65. The average molecular weight is 547 g/mol. The van der Waals surface area contributed by atoms with Gasteiger partial charge in [-0.2, -0.15) is 13.2 Å². The van der Waals surface area contributed by atoms with Gasteiger partial charge in [0.15, 0.2) is 0 Å². The number of halogens is 6. The highest BCUT2D eigenvalue weighted by Crippen LogP contribution is 2.60. The van der Waals surface area contributed by atoms with Gasteiger partial charge in [0, 0.05) is 13.1 Å². The molecule has 0 N–H and O–H groups in total. The summed E-state index contributed by atoms with van der Waals surface area (Å²) in [6, 6.07) is 1.80. The summed E-state index contributed by atoms with van der Waals surface area (Å²) in [7, 11) is -3.26. The van der Waals surface area contributed by atoms with Gasteiger partial charge in [0.2, 0.25) is 0 Å². The van der Waals surface area contributed by atoms with Crippen LogP contribution in [0.1, 0.15) is 39.0 Å². The lowest BCUT2D eigenvalue weighted by Gasteiger charge is -2.22. The molecule has 1 aromatic heterocycles. The number of rotatable bonds is 7. The van der Waals surface area contributed by atoms with Crippen LogP contribution in [0.2, 0.25) is 5.02 Å². The van der Waals surface area contributed by atoms with E-state index in [0.717, 1.165) is 25.3 Å². The van der Waals surface area contributed by atoms with E-state index in [4.69, 9.17) is 32.2 Å². The first-order valence-electron chi connectivity index (χ1n) is 9.72. The summed E-state index contributed by atoms with van der Waals surface area (Å²) < 4.78 is 77.8. The minimum atomic E-state index is -4.99. The Labute approximate surface area is 202 Å². The molecule has 188 valence electrons. The minimum Gasteiger partial charge on any atom is -0.302 e. The molecule has 14 heteroatoms. The third kappa shape index (κ3) is 6.20. The maximum absolute atomic E-state index is 14.7. The van der Waals surface area contributed by atoms with Crippen LogP contribution < -0.4 is 11.2 Å². The fourth-order valence-corrected chi connectivity index (χ4v) is 5.06. The number of aromatic nitrogens is 2. The van der Waals surface area contributed by atoms with Gasteiger partial charge < -0.3 is 9.05 Å². The second-order valence-electron chi connectivity index (χ2n) is 7.64. The van der Waals surface area contributed by atoms with Gasteiger partial charge in [0.05, 0.1) is 22.9 Å². The number of hydrogen-bond donors (Lipinski definition) is 0. The molecule has 0 amide bonds. The van der Waals surface area contributed by atoms with Gasteiger partial charge in [-0.1, -0.05) is 23.2 Å². The van der Waals surface area contributed by atoms with Gasteiger partial charge in [-0.15, -0.1) is 0 Å². The lowest BCUT2D eigenvalue weighted by molar-refractivity contribution is -0.144. The number of hydrogen-bond acceptors (Lipinski definition) is 5. The SMILES string of the molecule is CC(C)OP(=O)(OC(C)C)C(Cl)=Cc1cc(-n2c(=O)cc(C(F)(F)F)n(C)c2=O)c(F)cc1Cl. The van der Waals surface area contributed by atoms with Crippen molar-refractivity contribution in [1.29, 1.82) is 0 Å². The van der Waals surface area contributed by atoms with Gasteiger partial charge in [0.25, 0.3) is 5.56 Å². The molecule has 0 aliphatic rings. The fourth-order valence-electron chi connectivity index (χ4n) is 2.84. The predicted octanol–water partition coefficient (Wildman–Crippen LogP) is 5.93. The molecule has 1 aromatic carbocycles. The van der Waals surface area contributed by atoms with Crippen molar-refractivity contribution in [2.24, 2.45) is 7.05 Å². The summed E-state index contributed by atoms with van der Waals surface area (Å²) in [6.45, 7) is 6.37. The molecule has 0 radical (unpaired) electrons. The molecule has 0 saturated heterocycles. The highest BCUT2D eigenvalue weighted by atomic mass is 35.5. The van der Waals surface area contributed by atoms with Crippen LogP contribution in [0.4, 0.5) is 17.6 Å². The topological polar surface area (TPSA) is 79.5 Å². The number of alkyl halides is 3. The second kappa shape index (κ2) is 10.4. The molecule has 0 saturated carbocycles. The van der Waals surface area contributed by atoms with E-state index >= 15 is 0 Å². The van der Waals surface area contributed by atoms with Gasteiger partial charge in [-0.25, -0.2) is 13.8 Å². The molecule has 7 nitrogen and oxygen atoms in total. The van der Waals surface area contributed by atoms with E-state index in [0.29, 0.717) is 0 Å². The fraction of sp³-hybridized carbons (Fsp3) is 0.400. The maximum atomic E-state index is 14.7. The molecular formula is C20H21Cl2F4N2O5P. The van der Waals surface area contributed by atoms with Crippen LogP contribution in [0, 0.1) is 5.82 Å². The van der Waals surface area contributed by atoms with Gasteiger partial charge in [-0.05, 0) is 51.5 Å². The van der Waals surface area contributed by atoms with Crippen LogP contribution in [0.25, 0.3) is 11.8 Å². The molecule has 1 heterocycles. The Kier molecular flexibility index (Phi) is 8.64. The molecule has 34 heavy (non-hydrogen) atoms. The molecule has 2 rings (SSSR count). The molecule has 0 bridgehead atoms. The molecular weight excluding hydrogens is 526 g/mol. The third-order valence-corrected chi connectivity index (χ3v) is 7.26. The Hall–Kier alpha value is -1.91. The quantitative estimate of drug-likeness (QED) is 0.317. The molecule has 0 unspecified atom stereocenters. The third-order valence-electron chi connectivity index (χ3n) is 4.15. The zero-order valence-electron chi connectivity index (χ0n) is 18.6. The summed E-state index contributed by atoms with van der Waals surface area (Å²) in [5.41, 5.74) is -5.16. The molecule has 0 fully saturated rings. The van der Waals surface area contributed by atoms with Crippen molar-refractivity contribution < 1.29 is 31.2 Å². The Morgan fingerprint density at radius 2 is 1.62 bits per heavy atom. The Bertz CT molecular complexity index is 1270. The van der Waals surface area contributed by atoms with Gasteiger partial charge in [0.1, 0.15) is 16.3 Å². The maximum Gasteiger partial charge on any atom is 0.431 e. The first-order chi connectivity index (χ1) is 15.5. The smallest absolute Gasteiger partial charge is 0.302 e. The van der Waals surface area contributed by atoms with E-state index in [-0.39, 0.29) is 25.8 Å². The zero-order valence-corrected chi connectivity index (χ0v) is 21.0. The van der Waals surface area contributed by atoms with Crippen LogP contribution in [0.5, 0.6) is 0 Å². The largest absolute Gasteiger partial charge is 0.431 e. The van der Waals surface area contributed by atoms with E-state index in [9.17, 15) is 31.7 Å². The lowest BCUT2D eigenvalue weighted by Crippen LogP contribution is -2.41. The summed E-state index contributed by atoms with van der Waals surface area (Å²) >= 11 is 12.3. The second-order valence-corrected chi connectivity index (χ2v) is 10.6. The monoisotopic (exact) mass is 546 g/mol. The van der Waals surface area contributed by atoms with Crippen LogP contribution in [-0.2, 0) is 26.8 Å². The van der Waals surface area contributed by atoms with Crippen molar-refractivity contribution in [2.45, 2.75) is 46.1 Å². The van der Waals surface area contributed by atoms with Crippen molar-refractivity contribution in [1.82, 2.24) is 9.13 Å². The summed E-state index contributed by atoms with van der Waals surface area (Å²) in [5.74, 6) is -1.17. The van der Waals surface area contributed by atoms with Crippen LogP contribution in [0.15, 0.2) is 32.6 Å². The Morgan fingerprint density at radius 1 is 1.09 bits per heavy atom. The van der Waals surface area contributed by atoms with Crippen molar-refractivity contribution in [3.63, 3.8) is 0 Å². The van der Waals surface area contributed by atoms with Crippen LogP contribution in [0.3, 0.4) is 0 Å². The predicted molar refractivity (Wildman–Crippen MR) is 121 cm³/mol. The lowest BCUT2D eigenvalue weighted by atomic mass is 10.2. The molecule has 0 spiro atoms. The van der Waals surface area contributed by atoms with Gasteiger partial charge >= 0.3 is 19.5 Å². The first-order valence-corrected chi connectivity index (χ1v) is 12.0. The van der Waals surface area contributed by atoms with E-state index < -0.39 is 59.2 Å². The van der Waals surface area contributed by atoms with Crippen LogP contribution in [-0.4, -0.2) is 21.3 Å². The molecule has 0 aliphatic heterocycles. The summed E-state index contributed by atoms with van der Waals surface area (Å²) in [6.07, 6.45) is -5.06. The molecule has 2 aromatic rings. The van der Waals surface area contributed by atoms with E-state index in [2.05, 4.69) is 0 Å².